The third-order valence-electron chi connectivity index (χ3n) is 0. The van der Waals surface area contributed by atoms with E-state index >= 15 is 0 Å². The summed E-state index contributed by atoms with van der Waals surface area (Å²) < 4.78 is 0. The van der Waals surface area contributed by atoms with E-state index in [4.69, 9.17) is 0 Å². The molecule has 0 aromatic heterocycles. The van der Waals surface area contributed by atoms with Crippen molar-refractivity contribution in [1.29, 1.82) is 0 Å². The molecular weight excluding hydrogens is 352 g/mol. The van der Waals surface area contributed by atoms with Crippen LogP contribution in [0.4, 0.5) is 9.41 Å². The van der Waals surface area contributed by atoms with Crippen LogP contribution in [-0.4, -0.2) is 0 Å². The van der Waals surface area contributed by atoms with Crippen LogP contribution < -0.4 is 0 Å². The van der Waals surface area contributed by atoms with Gasteiger partial charge < -0.3 is 0 Å². The molecule has 0 aliphatic carbocycles. The summed E-state index contributed by atoms with van der Waals surface area (Å²) >= 11 is 0. The fourth-order valence-electron chi connectivity index (χ4n) is 0. The monoisotopic (exact) mass is 356 g/mol. The summed E-state index contributed by atoms with van der Waals surface area (Å²) in [5.41, 5.74) is 0. The van der Waals surface area contributed by atoms with Gasteiger partial charge in [0.15, 0.2) is 0 Å². The van der Waals surface area contributed by atoms with E-state index in [-0.39, 0.29) is 89.3 Å². The third kappa shape index (κ3) is 8.82. The standard InChI is InChI=1S/2FH.2Gd/h2*1H;;. The predicted octanol–water partition coefficient (Wildman–Crippen LogP) is 0.305. The van der Waals surface area contributed by atoms with E-state index in [1.165, 1.54) is 0 Å². The number of hydrogen-bond donors (Lipinski definition) is 0. The van der Waals surface area contributed by atoms with Crippen molar-refractivity contribution in [2.45, 2.75) is 0 Å². The van der Waals surface area contributed by atoms with E-state index in [1.54, 1.807) is 0 Å². The van der Waals surface area contributed by atoms with Gasteiger partial charge in [-0.1, -0.05) is 0 Å². The largest absolute Gasteiger partial charge is 0.269 e. The van der Waals surface area contributed by atoms with Crippen molar-refractivity contribution in [3.05, 3.63) is 0 Å². The minimum Gasteiger partial charge on any atom is -0.269 e. The summed E-state index contributed by atoms with van der Waals surface area (Å²) in [6, 6.07) is 0. The van der Waals surface area contributed by atoms with Gasteiger partial charge in [-0.3, -0.25) is 9.41 Å². The molecule has 0 nitrogen and oxygen atoms in total. The Morgan fingerprint density at radius 3 is 0.500 bits per heavy atom. The second-order valence-electron chi connectivity index (χ2n) is 0. The molecule has 0 radical (unpaired) electrons. The minimum absolute atomic E-state index is 0. The summed E-state index contributed by atoms with van der Waals surface area (Å²) in [4.78, 5) is 0. The van der Waals surface area contributed by atoms with Crippen molar-refractivity contribution in [3.8, 4) is 0 Å². The molecule has 4 heavy (non-hydrogen) atoms. The summed E-state index contributed by atoms with van der Waals surface area (Å²) in [5, 5.41) is 0. The summed E-state index contributed by atoms with van der Waals surface area (Å²) in [7, 11) is 0. The van der Waals surface area contributed by atoms with Crippen molar-refractivity contribution in [2.75, 3.05) is 0 Å². The average Bonchev–Trinajstić information content (AvgIpc) is 0. The Bertz CT molecular complexity index is 4.00. The van der Waals surface area contributed by atoms with E-state index in [0.29, 0.717) is 0 Å². The zero-order valence-electron chi connectivity index (χ0n) is 1.52. The fourth-order valence-corrected chi connectivity index (χ4v) is 0. The van der Waals surface area contributed by atoms with E-state index in [0.717, 1.165) is 0 Å². The summed E-state index contributed by atoms with van der Waals surface area (Å²) in [6.45, 7) is 0. The van der Waals surface area contributed by atoms with Gasteiger partial charge in [0.05, 0.1) is 0 Å². The first kappa shape index (κ1) is 31.4. The smallest absolute Gasteiger partial charge is 0 e. The molecule has 0 aromatic carbocycles. The van der Waals surface area contributed by atoms with Crippen LogP contribution in [0.2, 0.25) is 0 Å². The van der Waals surface area contributed by atoms with Gasteiger partial charge >= 0.3 is 0 Å². The van der Waals surface area contributed by atoms with Crippen LogP contribution in [0.3, 0.4) is 0 Å². The zero-order valence-corrected chi connectivity index (χ0v) is 6.06. The molecule has 0 rings (SSSR count). The zero-order chi connectivity index (χ0) is 0. The fraction of sp³-hybridized carbons (Fsp3) is 0. The second kappa shape index (κ2) is 17.8. The van der Waals surface area contributed by atoms with E-state index in [2.05, 4.69) is 0 Å². The van der Waals surface area contributed by atoms with Crippen LogP contribution in [0.1, 0.15) is 0 Å². The molecule has 0 heterocycles. The molecule has 0 unspecified atom stereocenters. The first-order chi connectivity index (χ1) is 0. The predicted molar refractivity (Wildman–Crippen MR) is 5.01 cm³/mol. The summed E-state index contributed by atoms with van der Waals surface area (Å²) in [5.74, 6) is 0. The molecule has 32 valence electrons. The molecule has 0 amide bonds. The van der Waals surface area contributed by atoms with Crippen molar-refractivity contribution in [3.63, 3.8) is 0 Å². The Morgan fingerprint density at radius 1 is 0.500 bits per heavy atom. The number of hydrogen-bond acceptors (Lipinski definition) is 0. The average molecular weight is 355 g/mol. The van der Waals surface area contributed by atoms with E-state index in [1.807, 2.05) is 0 Å². The number of rotatable bonds is 0. The molecule has 0 fully saturated rings. The van der Waals surface area contributed by atoms with Gasteiger partial charge in [0.25, 0.3) is 0 Å². The maximum Gasteiger partial charge on any atom is 0 e. The Hall–Kier alpha value is 2.51. The van der Waals surface area contributed by atoms with Gasteiger partial charge in [0.2, 0.25) is 0 Å². The molecule has 0 bridgehead atoms. The minimum atomic E-state index is 0. The van der Waals surface area contributed by atoms with Crippen LogP contribution in [0, 0.1) is 79.9 Å². The molecule has 0 aromatic rings. The molecule has 0 N–H and O–H groups in total. The molecule has 4 heteroatoms. The Labute approximate surface area is 87.2 Å². The maximum absolute atomic E-state index is 0. The summed E-state index contributed by atoms with van der Waals surface area (Å²) in [6.07, 6.45) is 0. The quantitative estimate of drug-likeness (QED) is 0.587. The normalized spacial score (nSPS) is 0. The Kier molecular flexibility index (Phi) is 140. The van der Waals surface area contributed by atoms with Gasteiger partial charge in [-0.25, -0.2) is 0 Å². The van der Waals surface area contributed by atoms with E-state index in [9.17, 15) is 0 Å². The van der Waals surface area contributed by atoms with Crippen LogP contribution >= 0.6 is 0 Å². The first-order valence-corrected chi connectivity index (χ1v) is 0. The SMILES string of the molecule is F.F.[Gd].[Gd]. The van der Waals surface area contributed by atoms with Gasteiger partial charge in [-0.15, -0.1) is 0 Å². The van der Waals surface area contributed by atoms with Crippen LogP contribution in [-0.2, 0) is 0 Å². The van der Waals surface area contributed by atoms with Crippen LogP contribution in [0.15, 0.2) is 0 Å². The van der Waals surface area contributed by atoms with Gasteiger partial charge in [0.1, 0.15) is 0 Å². The van der Waals surface area contributed by atoms with E-state index < -0.39 is 0 Å². The van der Waals surface area contributed by atoms with Crippen molar-refractivity contribution in [2.24, 2.45) is 0 Å². The van der Waals surface area contributed by atoms with Crippen molar-refractivity contribution in [1.82, 2.24) is 0 Å². The molecule has 0 saturated carbocycles. The third-order valence-corrected chi connectivity index (χ3v) is 0. The molecule has 0 spiro atoms. The molecule has 0 aliphatic heterocycles. The van der Waals surface area contributed by atoms with Crippen LogP contribution in [0.25, 0.3) is 0 Å². The Balaban J connectivity index is 0. The van der Waals surface area contributed by atoms with Crippen LogP contribution in [0.5, 0.6) is 0 Å². The number of halogens is 2. The molecule has 0 saturated heterocycles. The Morgan fingerprint density at radius 2 is 0.500 bits per heavy atom. The van der Waals surface area contributed by atoms with Gasteiger partial charge in [-0.05, 0) is 0 Å². The topological polar surface area (TPSA) is 0 Å². The van der Waals surface area contributed by atoms with Gasteiger partial charge in [0, 0.05) is 79.9 Å². The molecule has 0 aliphatic rings. The first-order valence-electron chi connectivity index (χ1n) is 0. The van der Waals surface area contributed by atoms with Crippen molar-refractivity contribution >= 4 is 0 Å². The maximum atomic E-state index is 0. The second-order valence-corrected chi connectivity index (χ2v) is 0. The van der Waals surface area contributed by atoms with Crippen molar-refractivity contribution < 1.29 is 89.3 Å². The molecule has 0 atom stereocenters. The van der Waals surface area contributed by atoms with Gasteiger partial charge in [-0.2, -0.15) is 0 Å². The molecular formula is H2F2Gd2.